The lowest BCUT2D eigenvalue weighted by atomic mass is 10.0. The zero-order chi connectivity index (χ0) is 17.4. The van der Waals surface area contributed by atoms with E-state index in [1.54, 1.807) is 0 Å². The molecule has 1 aliphatic heterocycles. The van der Waals surface area contributed by atoms with Crippen molar-refractivity contribution in [3.05, 3.63) is 23.3 Å². The lowest BCUT2D eigenvalue weighted by Crippen LogP contribution is -2.25. The molecular weight excluding hydrogens is 306 g/mol. The van der Waals surface area contributed by atoms with Gasteiger partial charge in [0.05, 0.1) is 12.2 Å². The van der Waals surface area contributed by atoms with E-state index < -0.39 is 0 Å². The van der Waals surface area contributed by atoms with Crippen LogP contribution >= 0.6 is 0 Å². The minimum absolute atomic E-state index is 0.203. The van der Waals surface area contributed by atoms with Crippen LogP contribution in [0.25, 0.3) is 0 Å². The quantitative estimate of drug-likeness (QED) is 0.648. The highest BCUT2D eigenvalue weighted by Gasteiger charge is 2.19. The molecule has 0 saturated carbocycles. The maximum Gasteiger partial charge on any atom is 0.199 e. The van der Waals surface area contributed by atoms with Crippen LogP contribution in [0.4, 0.5) is 0 Å². The number of rotatable bonds is 9. The maximum atomic E-state index is 11.4. The molecular formula is C19H29NO4. The van der Waals surface area contributed by atoms with Gasteiger partial charge in [-0.1, -0.05) is 13.3 Å². The number of carbonyl (C=O) groups is 1. The predicted molar refractivity (Wildman–Crippen MR) is 94.1 cm³/mol. The van der Waals surface area contributed by atoms with E-state index in [0.717, 1.165) is 62.9 Å². The molecule has 134 valence electrons. The monoisotopic (exact) mass is 335 g/mol. The Kier molecular flexibility index (Phi) is 7.53. The van der Waals surface area contributed by atoms with Crippen molar-refractivity contribution in [2.45, 2.75) is 45.3 Å². The lowest BCUT2D eigenvalue weighted by molar-refractivity contribution is -0.106. The van der Waals surface area contributed by atoms with Gasteiger partial charge in [0.2, 0.25) is 0 Å². The zero-order valence-electron chi connectivity index (χ0n) is 15.0. The summed E-state index contributed by atoms with van der Waals surface area (Å²) in [6.45, 7) is 4.17. The molecule has 0 radical (unpaired) electrons. The third kappa shape index (κ3) is 5.49. The molecule has 0 aromatic heterocycles. The normalized spacial score (nSPS) is 17.8. The van der Waals surface area contributed by atoms with Gasteiger partial charge in [-0.2, -0.15) is 0 Å². The van der Waals surface area contributed by atoms with Crippen LogP contribution < -0.4 is 9.47 Å². The molecule has 1 aromatic carbocycles. The van der Waals surface area contributed by atoms with Crippen LogP contribution in [0, 0.1) is 0 Å². The van der Waals surface area contributed by atoms with E-state index in [9.17, 15) is 4.79 Å². The van der Waals surface area contributed by atoms with E-state index in [4.69, 9.17) is 14.2 Å². The Morgan fingerprint density at radius 2 is 2.12 bits per heavy atom. The first-order valence-corrected chi connectivity index (χ1v) is 8.82. The van der Waals surface area contributed by atoms with Crippen LogP contribution in [-0.2, 0) is 11.2 Å². The number of aryl methyl sites for hydroxylation is 1. The molecule has 5 nitrogen and oxygen atoms in total. The lowest BCUT2D eigenvalue weighted by Gasteiger charge is -2.25. The van der Waals surface area contributed by atoms with Crippen molar-refractivity contribution in [2.75, 3.05) is 33.9 Å². The molecule has 1 unspecified atom stereocenters. The van der Waals surface area contributed by atoms with Crippen LogP contribution in [0.1, 0.15) is 48.5 Å². The number of hydrogen-bond acceptors (Lipinski definition) is 5. The average molecular weight is 335 g/mol. The van der Waals surface area contributed by atoms with Gasteiger partial charge in [0.15, 0.2) is 12.6 Å². The first-order valence-electron chi connectivity index (χ1n) is 8.82. The van der Waals surface area contributed by atoms with Crippen molar-refractivity contribution in [2.24, 2.45) is 0 Å². The summed E-state index contributed by atoms with van der Waals surface area (Å²) in [6, 6.07) is 3.74. The van der Waals surface area contributed by atoms with Crippen LogP contribution in [0.15, 0.2) is 12.1 Å². The summed E-state index contributed by atoms with van der Waals surface area (Å²) in [5.74, 6) is 1.35. The third-order valence-corrected chi connectivity index (χ3v) is 4.03. The van der Waals surface area contributed by atoms with Crippen molar-refractivity contribution in [1.82, 2.24) is 4.90 Å². The van der Waals surface area contributed by atoms with Gasteiger partial charge in [-0.05, 0) is 45.0 Å². The second-order valence-electron chi connectivity index (χ2n) is 6.43. The number of carbonyl (C=O) groups excluding carboxylic acids is 1. The largest absolute Gasteiger partial charge is 0.491 e. The molecule has 24 heavy (non-hydrogen) atoms. The predicted octanol–water partition coefficient (Wildman–Crippen LogP) is 3.30. The van der Waals surface area contributed by atoms with Crippen molar-refractivity contribution < 1.29 is 19.0 Å². The molecule has 1 aromatic rings. The SMILES string of the molecule is CCCc1cc(C=O)c(OCCN(C)C)cc1OC1CCCCO1. The number of aldehydes is 1. The molecule has 1 aliphatic rings. The van der Waals surface area contributed by atoms with Gasteiger partial charge in [0, 0.05) is 19.0 Å². The van der Waals surface area contributed by atoms with Crippen LogP contribution in [-0.4, -0.2) is 51.3 Å². The highest BCUT2D eigenvalue weighted by atomic mass is 16.7. The Hall–Kier alpha value is -1.59. The molecule has 1 atom stereocenters. The molecule has 1 fully saturated rings. The van der Waals surface area contributed by atoms with E-state index >= 15 is 0 Å². The van der Waals surface area contributed by atoms with Crippen LogP contribution in [0.5, 0.6) is 11.5 Å². The molecule has 0 amide bonds. The fourth-order valence-corrected chi connectivity index (χ4v) is 2.70. The minimum Gasteiger partial charge on any atom is -0.491 e. The van der Waals surface area contributed by atoms with Gasteiger partial charge < -0.3 is 19.1 Å². The molecule has 2 rings (SSSR count). The summed E-state index contributed by atoms with van der Waals surface area (Å²) in [4.78, 5) is 13.5. The topological polar surface area (TPSA) is 48.0 Å². The Labute approximate surface area is 144 Å². The van der Waals surface area contributed by atoms with Gasteiger partial charge >= 0.3 is 0 Å². The second kappa shape index (κ2) is 9.64. The summed E-state index contributed by atoms with van der Waals surface area (Å²) in [6.07, 6.45) is 5.60. The van der Waals surface area contributed by atoms with E-state index in [1.807, 2.05) is 31.1 Å². The molecule has 1 saturated heterocycles. The highest BCUT2D eigenvalue weighted by molar-refractivity contribution is 5.80. The maximum absolute atomic E-state index is 11.4. The first kappa shape index (κ1) is 18.7. The van der Waals surface area contributed by atoms with Gasteiger partial charge in [-0.25, -0.2) is 0 Å². The number of hydrogen-bond donors (Lipinski definition) is 0. The summed E-state index contributed by atoms with van der Waals surface area (Å²) in [5, 5.41) is 0. The number of likely N-dealkylation sites (N-methyl/N-ethyl adjacent to an activating group) is 1. The Morgan fingerprint density at radius 1 is 1.29 bits per heavy atom. The minimum atomic E-state index is -0.203. The van der Waals surface area contributed by atoms with Crippen LogP contribution in [0.3, 0.4) is 0 Å². The average Bonchev–Trinajstić information content (AvgIpc) is 2.57. The summed E-state index contributed by atoms with van der Waals surface area (Å²) in [7, 11) is 3.98. The van der Waals surface area contributed by atoms with Gasteiger partial charge in [-0.3, -0.25) is 4.79 Å². The van der Waals surface area contributed by atoms with E-state index in [2.05, 4.69) is 6.92 Å². The number of benzene rings is 1. The number of ether oxygens (including phenoxy) is 3. The van der Waals surface area contributed by atoms with Crippen molar-refractivity contribution in [3.63, 3.8) is 0 Å². The van der Waals surface area contributed by atoms with Crippen molar-refractivity contribution in [1.29, 1.82) is 0 Å². The van der Waals surface area contributed by atoms with Gasteiger partial charge in [0.25, 0.3) is 0 Å². The highest BCUT2D eigenvalue weighted by Crippen LogP contribution is 2.31. The summed E-state index contributed by atoms with van der Waals surface area (Å²) in [5.41, 5.74) is 1.61. The van der Waals surface area contributed by atoms with E-state index in [0.29, 0.717) is 17.9 Å². The van der Waals surface area contributed by atoms with Gasteiger partial charge in [0.1, 0.15) is 18.1 Å². The van der Waals surface area contributed by atoms with Crippen molar-refractivity contribution >= 4 is 6.29 Å². The standard InChI is InChI=1S/C19H29NO4/c1-4-7-15-12-16(14-21)17(22-11-9-20(2)3)13-18(15)24-19-8-5-6-10-23-19/h12-14,19H,4-11H2,1-3H3. The third-order valence-electron chi connectivity index (χ3n) is 4.03. The van der Waals surface area contributed by atoms with E-state index in [-0.39, 0.29) is 6.29 Å². The Bertz CT molecular complexity index is 524. The second-order valence-corrected chi connectivity index (χ2v) is 6.43. The molecule has 5 heteroatoms. The Morgan fingerprint density at radius 3 is 2.75 bits per heavy atom. The fraction of sp³-hybridized carbons (Fsp3) is 0.632. The fourth-order valence-electron chi connectivity index (χ4n) is 2.70. The molecule has 0 bridgehead atoms. The van der Waals surface area contributed by atoms with Gasteiger partial charge in [-0.15, -0.1) is 0 Å². The molecule has 0 aliphatic carbocycles. The number of nitrogens with zero attached hydrogens (tertiary/aromatic N) is 1. The van der Waals surface area contributed by atoms with Crippen molar-refractivity contribution in [3.8, 4) is 11.5 Å². The van der Waals surface area contributed by atoms with E-state index in [1.165, 1.54) is 0 Å². The Balaban J connectivity index is 2.18. The summed E-state index contributed by atoms with van der Waals surface area (Å²) < 4.78 is 17.6. The first-order chi connectivity index (χ1) is 11.6. The summed E-state index contributed by atoms with van der Waals surface area (Å²) >= 11 is 0. The van der Waals surface area contributed by atoms with Crippen LogP contribution in [0.2, 0.25) is 0 Å². The molecule has 0 N–H and O–H groups in total. The smallest absolute Gasteiger partial charge is 0.199 e. The molecule has 0 spiro atoms. The zero-order valence-corrected chi connectivity index (χ0v) is 15.0. The molecule has 1 heterocycles.